The Morgan fingerprint density at radius 2 is 1.89 bits per heavy atom. The summed E-state index contributed by atoms with van der Waals surface area (Å²) in [5.41, 5.74) is 1.13. The highest BCUT2D eigenvalue weighted by Crippen LogP contribution is 2.40. The van der Waals surface area contributed by atoms with E-state index in [-0.39, 0.29) is 11.9 Å². The van der Waals surface area contributed by atoms with Gasteiger partial charge in [0.1, 0.15) is 0 Å². The number of rotatable bonds is 4. The Morgan fingerprint density at radius 3 is 2.59 bits per heavy atom. The summed E-state index contributed by atoms with van der Waals surface area (Å²) in [5, 5.41) is 15.4. The fourth-order valence-electron chi connectivity index (χ4n) is 3.44. The fraction of sp³-hybridized carbons (Fsp3) is 0.263. The van der Waals surface area contributed by atoms with Crippen LogP contribution in [0.2, 0.25) is 0 Å². The molecule has 1 N–H and O–H groups in total. The molecule has 0 amide bonds. The van der Waals surface area contributed by atoms with E-state index in [1.807, 2.05) is 18.2 Å². The van der Waals surface area contributed by atoms with Gasteiger partial charge in [0.15, 0.2) is 5.76 Å². The molecule has 7 nitrogen and oxygen atoms in total. The van der Waals surface area contributed by atoms with Crippen LogP contribution in [0.1, 0.15) is 16.5 Å². The second-order valence-electron chi connectivity index (χ2n) is 6.36. The highest BCUT2D eigenvalue weighted by molar-refractivity contribution is 7.17. The van der Waals surface area contributed by atoms with Gasteiger partial charge in [-0.15, -0.1) is 5.10 Å². The van der Waals surface area contributed by atoms with Crippen LogP contribution in [-0.2, 0) is 4.74 Å². The highest BCUT2D eigenvalue weighted by atomic mass is 32.1. The van der Waals surface area contributed by atoms with E-state index in [9.17, 15) is 5.11 Å². The summed E-state index contributed by atoms with van der Waals surface area (Å²) in [4.78, 5) is 8.34. The SMILES string of the molecule is Oc1c([C@@H](c2ccccc2)N2CCOCC2)sc2nc(-c3ccco3)nn12. The number of hydrogen-bond donors (Lipinski definition) is 1. The predicted octanol–water partition coefficient (Wildman–Crippen LogP) is 3.18. The zero-order chi connectivity index (χ0) is 18.2. The summed E-state index contributed by atoms with van der Waals surface area (Å²) in [5.74, 6) is 1.18. The molecule has 1 fully saturated rings. The first kappa shape index (κ1) is 16.5. The van der Waals surface area contributed by atoms with Crippen LogP contribution >= 0.6 is 11.3 Å². The molecule has 0 aliphatic carbocycles. The van der Waals surface area contributed by atoms with Crippen LogP contribution in [0, 0.1) is 0 Å². The molecule has 0 radical (unpaired) electrons. The molecule has 4 aromatic rings. The van der Waals surface area contributed by atoms with Crippen molar-refractivity contribution >= 4 is 16.3 Å². The van der Waals surface area contributed by atoms with Gasteiger partial charge in [-0.3, -0.25) is 4.90 Å². The van der Waals surface area contributed by atoms with Crippen LogP contribution in [0.5, 0.6) is 5.88 Å². The van der Waals surface area contributed by atoms with Gasteiger partial charge in [-0.25, -0.2) is 0 Å². The quantitative estimate of drug-likeness (QED) is 0.584. The van der Waals surface area contributed by atoms with E-state index in [4.69, 9.17) is 9.15 Å². The number of nitrogens with zero attached hydrogens (tertiary/aromatic N) is 4. The lowest BCUT2D eigenvalue weighted by Crippen LogP contribution is -2.39. The monoisotopic (exact) mass is 382 g/mol. The lowest BCUT2D eigenvalue weighted by Gasteiger charge is -2.34. The van der Waals surface area contributed by atoms with Crippen molar-refractivity contribution in [3.8, 4) is 17.5 Å². The van der Waals surface area contributed by atoms with Crippen molar-refractivity contribution in [2.24, 2.45) is 0 Å². The Kier molecular flexibility index (Phi) is 4.16. The van der Waals surface area contributed by atoms with E-state index >= 15 is 0 Å². The van der Waals surface area contributed by atoms with Crippen LogP contribution in [0.25, 0.3) is 16.5 Å². The van der Waals surface area contributed by atoms with E-state index in [1.165, 1.54) is 15.9 Å². The maximum atomic E-state index is 10.9. The number of aromatic nitrogens is 3. The average Bonchev–Trinajstić information content (AvgIpc) is 3.43. The van der Waals surface area contributed by atoms with E-state index in [0.29, 0.717) is 29.8 Å². The minimum absolute atomic E-state index is 0.0596. The summed E-state index contributed by atoms with van der Waals surface area (Å²) >= 11 is 1.45. The Morgan fingerprint density at radius 1 is 1.07 bits per heavy atom. The Hall–Kier alpha value is -2.68. The number of benzene rings is 1. The molecule has 1 saturated heterocycles. The molecule has 0 unspecified atom stereocenters. The van der Waals surface area contributed by atoms with E-state index in [2.05, 4.69) is 27.1 Å². The van der Waals surface area contributed by atoms with Crippen molar-refractivity contribution in [3.05, 3.63) is 59.2 Å². The minimum Gasteiger partial charge on any atom is -0.492 e. The normalized spacial score (nSPS) is 16.7. The Bertz CT molecular complexity index is 1040. The second-order valence-corrected chi connectivity index (χ2v) is 7.37. The molecule has 1 aliphatic heterocycles. The molecule has 27 heavy (non-hydrogen) atoms. The Balaban J connectivity index is 1.59. The fourth-order valence-corrected chi connectivity index (χ4v) is 4.55. The van der Waals surface area contributed by atoms with Crippen molar-refractivity contribution in [2.75, 3.05) is 26.3 Å². The van der Waals surface area contributed by atoms with Crippen LogP contribution < -0.4 is 0 Å². The molecule has 0 bridgehead atoms. The smallest absolute Gasteiger partial charge is 0.230 e. The molecule has 1 aromatic carbocycles. The van der Waals surface area contributed by atoms with Crippen LogP contribution in [0.3, 0.4) is 0 Å². The van der Waals surface area contributed by atoms with Crippen molar-refractivity contribution in [1.29, 1.82) is 0 Å². The van der Waals surface area contributed by atoms with Crippen LogP contribution in [0.15, 0.2) is 53.1 Å². The number of fused-ring (bicyclic) bond motifs is 1. The predicted molar refractivity (Wildman–Crippen MR) is 101 cm³/mol. The van der Waals surface area contributed by atoms with Gasteiger partial charge in [0, 0.05) is 13.1 Å². The van der Waals surface area contributed by atoms with Gasteiger partial charge in [-0.05, 0) is 17.7 Å². The minimum atomic E-state index is -0.0596. The molecule has 4 heterocycles. The summed E-state index contributed by atoms with van der Waals surface area (Å²) in [7, 11) is 0. The zero-order valence-electron chi connectivity index (χ0n) is 14.5. The first-order chi connectivity index (χ1) is 13.3. The Labute approximate surface area is 159 Å². The maximum absolute atomic E-state index is 10.9. The molecule has 1 aliphatic rings. The number of furan rings is 1. The highest BCUT2D eigenvalue weighted by Gasteiger charge is 2.30. The molecule has 0 saturated carbocycles. The summed E-state index contributed by atoms with van der Waals surface area (Å²) in [6.45, 7) is 3.00. The number of ether oxygens (including phenoxy) is 1. The second kappa shape index (κ2) is 6.80. The number of aromatic hydroxyl groups is 1. The van der Waals surface area contributed by atoms with Crippen LogP contribution in [0.4, 0.5) is 0 Å². The van der Waals surface area contributed by atoms with Crippen LogP contribution in [-0.4, -0.2) is 50.9 Å². The molecular formula is C19H18N4O3S. The number of thiazole rings is 1. The van der Waals surface area contributed by atoms with Crippen molar-refractivity contribution in [1.82, 2.24) is 19.5 Å². The molecule has 1 atom stereocenters. The zero-order valence-corrected chi connectivity index (χ0v) is 15.3. The summed E-state index contributed by atoms with van der Waals surface area (Å²) in [6, 6.07) is 13.7. The standard InChI is InChI=1S/C19H18N4O3S/c24-18-16(27-19-20-17(21-23(18)19)14-7-4-10-26-14)15(13-5-2-1-3-6-13)22-8-11-25-12-9-22/h1-7,10,15,24H,8-9,11-12H2/t15-/m1/s1. The van der Waals surface area contributed by atoms with Gasteiger partial charge < -0.3 is 14.3 Å². The average molecular weight is 382 g/mol. The lowest BCUT2D eigenvalue weighted by molar-refractivity contribution is 0.0241. The van der Waals surface area contributed by atoms with E-state index in [0.717, 1.165) is 23.5 Å². The third-order valence-electron chi connectivity index (χ3n) is 4.72. The van der Waals surface area contributed by atoms with E-state index < -0.39 is 0 Å². The van der Waals surface area contributed by atoms with Gasteiger partial charge in [-0.1, -0.05) is 41.7 Å². The van der Waals surface area contributed by atoms with Crippen molar-refractivity contribution in [3.63, 3.8) is 0 Å². The van der Waals surface area contributed by atoms with Gasteiger partial charge in [0.05, 0.1) is 30.4 Å². The number of hydrogen-bond acceptors (Lipinski definition) is 7. The van der Waals surface area contributed by atoms with Crippen molar-refractivity contribution < 1.29 is 14.3 Å². The van der Waals surface area contributed by atoms with Gasteiger partial charge in [0.2, 0.25) is 16.7 Å². The molecule has 8 heteroatoms. The maximum Gasteiger partial charge on any atom is 0.230 e. The molecule has 0 spiro atoms. The first-order valence-electron chi connectivity index (χ1n) is 8.80. The van der Waals surface area contributed by atoms with Gasteiger partial charge >= 0.3 is 0 Å². The molecular weight excluding hydrogens is 364 g/mol. The molecule has 138 valence electrons. The largest absolute Gasteiger partial charge is 0.492 e. The van der Waals surface area contributed by atoms with Gasteiger partial charge in [-0.2, -0.15) is 9.50 Å². The third kappa shape index (κ3) is 2.91. The lowest BCUT2D eigenvalue weighted by atomic mass is 10.0. The topological polar surface area (TPSA) is 76.0 Å². The van der Waals surface area contributed by atoms with Crippen molar-refractivity contribution in [2.45, 2.75) is 6.04 Å². The number of morpholine rings is 1. The summed E-state index contributed by atoms with van der Waals surface area (Å²) < 4.78 is 12.4. The van der Waals surface area contributed by atoms with Gasteiger partial charge in [0.25, 0.3) is 0 Å². The molecule has 3 aromatic heterocycles. The summed E-state index contributed by atoms with van der Waals surface area (Å²) in [6.07, 6.45) is 1.58. The van der Waals surface area contributed by atoms with E-state index in [1.54, 1.807) is 18.4 Å². The third-order valence-corrected chi connectivity index (χ3v) is 5.79. The molecule has 5 rings (SSSR count). The first-order valence-corrected chi connectivity index (χ1v) is 9.62.